The van der Waals surface area contributed by atoms with Gasteiger partial charge in [0.1, 0.15) is 4.21 Å². The Bertz CT molecular complexity index is 540. The van der Waals surface area contributed by atoms with Crippen molar-refractivity contribution in [2.75, 3.05) is 20.1 Å². The lowest BCUT2D eigenvalue weighted by molar-refractivity contribution is 0.407. The van der Waals surface area contributed by atoms with Gasteiger partial charge in [0.2, 0.25) is 10.0 Å². The summed E-state index contributed by atoms with van der Waals surface area (Å²) >= 11 is 1.34. The number of nitrogens with one attached hydrogen (secondary N) is 2. The molecule has 0 radical (unpaired) electrons. The summed E-state index contributed by atoms with van der Waals surface area (Å²) in [5.41, 5.74) is 0. The maximum atomic E-state index is 12.3. The van der Waals surface area contributed by atoms with Gasteiger partial charge in [0.15, 0.2) is 0 Å². The predicted molar refractivity (Wildman–Crippen MR) is 82.5 cm³/mol. The van der Waals surface area contributed by atoms with Crippen LogP contribution in [0.4, 0.5) is 0 Å². The zero-order valence-corrected chi connectivity index (χ0v) is 13.9. The molecular weight excluding hydrogens is 294 g/mol. The minimum atomic E-state index is -3.37. The van der Waals surface area contributed by atoms with E-state index < -0.39 is 10.0 Å². The van der Waals surface area contributed by atoms with E-state index >= 15 is 0 Å². The molecule has 2 N–H and O–H groups in total. The molecule has 5 nitrogen and oxygen atoms in total. The number of thiophene rings is 1. The van der Waals surface area contributed by atoms with Crippen LogP contribution in [0.5, 0.6) is 0 Å². The number of hydrogen-bond donors (Lipinski definition) is 2. The molecule has 1 aliphatic rings. The van der Waals surface area contributed by atoms with Crippen LogP contribution in [0.15, 0.2) is 16.3 Å². The number of hydrogen-bond acceptors (Lipinski definition) is 5. The molecule has 0 spiro atoms. The van der Waals surface area contributed by atoms with Crippen molar-refractivity contribution in [2.24, 2.45) is 0 Å². The van der Waals surface area contributed by atoms with Crippen molar-refractivity contribution >= 4 is 21.4 Å². The van der Waals surface area contributed by atoms with Crippen LogP contribution in [0.25, 0.3) is 0 Å². The van der Waals surface area contributed by atoms with Crippen LogP contribution in [0.3, 0.4) is 0 Å². The maximum absolute atomic E-state index is 12.3. The van der Waals surface area contributed by atoms with E-state index in [4.69, 9.17) is 0 Å². The van der Waals surface area contributed by atoms with Crippen molar-refractivity contribution in [1.29, 1.82) is 0 Å². The molecular formula is C13H23N3O2S2. The SMILES string of the molecule is CC(C)NCc1ccc(S(=O)(=O)NC2CCN(C)C2)s1. The van der Waals surface area contributed by atoms with Gasteiger partial charge in [-0.1, -0.05) is 13.8 Å². The van der Waals surface area contributed by atoms with Crippen LogP contribution in [-0.2, 0) is 16.6 Å². The van der Waals surface area contributed by atoms with E-state index in [-0.39, 0.29) is 6.04 Å². The molecule has 0 amide bonds. The van der Waals surface area contributed by atoms with Crippen LogP contribution >= 0.6 is 11.3 Å². The summed E-state index contributed by atoms with van der Waals surface area (Å²) in [5, 5.41) is 3.29. The fourth-order valence-electron chi connectivity index (χ4n) is 2.21. The van der Waals surface area contributed by atoms with Gasteiger partial charge in [-0.15, -0.1) is 11.3 Å². The summed E-state index contributed by atoms with van der Waals surface area (Å²) in [6, 6.07) is 4.01. The van der Waals surface area contributed by atoms with Crippen LogP contribution < -0.4 is 10.0 Å². The maximum Gasteiger partial charge on any atom is 0.250 e. The minimum absolute atomic E-state index is 0.0318. The van der Waals surface area contributed by atoms with Gasteiger partial charge < -0.3 is 10.2 Å². The molecule has 0 aliphatic carbocycles. The summed E-state index contributed by atoms with van der Waals surface area (Å²) < 4.78 is 27.8. The van der Waals surface area contributed by atoms with Crippen LogP contribution in [0.2, 0.25) is 0 Å². The quantitative estimate of drug-likeness (QED) is 0.828. The Morgan fingerprint density at radius 3 is 2.80 bits per heavy atom. The first-order valence-electron chi connectivity index (χ1n) is 6.90. The van der Waals surface area contributed by atoms with Gasteiger partial charge in [-0.2, -0.15) is 0 Å². The van der Waals surface area contributed by atoms with Gasteiger partial charge in [0.25, 0.3) is 0 Å². The number of likely N-dealkylation sites (N-methyl/N-ethyl adjacent to an activating group) is 1. The summed E-state index contributed by atoms with van der Waals surface area (Å²) in [6.45, 7) is 6.59. The topological polar surface area (TPSA) is 61.4 Å². The molecule has 0 bridgehead atoms. The van der Waals surface area contributed by atoms with Crippen LogP contribution in [0, 0.1) is 0 Å². The first-order chi connectivity index (χ1) is 9.37. The molecule has 114 valence electrons. The van der Waals surface area contributed by atoms with E-state index in [0.29, 0.717) is 16.8 Å². The zero-order chi connectivity index (χ0) is 14.8. The Balaban J connectivity index is 1.99. The average molecular weight is 317 g/mol. The van der Waals surface area contributed by atoms with E-state index in [9.17, 15) is 8.42 Å². The van der Waals surface area contributed by atoms with Crippen molar-refractivity contribution in [3.8, 4) is 0 Å². The van der Waals surface area contributed by atoms with Crippen molar-refractivity contribution < 1.29 is 8.42 Å². The fraction of sp³-hybridized carbons (Fsp3) is 0.692. The highest BCUT2D eigenvalue weighted by atomic mass is 32.2. The highest BCUT2D eigenvalue weighted by Crippen LogP contribution is 2.22. The zero-order valence-electron chi connectivity index (χ0n) is 12.2. The third kappa shape index (κ3) is 4.26. The molecule has 1 fully saturated rings. The summed E-state index contributed by atoms with van der Waals surface area (Å²) in [7, 11) is -1.36. The molecule has 1 aromatic rings. The lowest BCUT2D eigenvalue weighted by atomic mass is 10.3. The van der Waals surface area contributed by atoms with Crippen molar-refractivity contribution in [3.63, 3.8) is 0 Å². The molecule has 0 aromatic carbocycles. The molecule has 7 heteroatoms. The lowest BCUT2D eigenvalue weighted by Crippen LogP contribution is -2.36. The van der Waals surface area contributed by atoms with E-state index in [1.54, 1.807) is 6.07 Å². The highest BCUT2D eigenvalue weighted by Gasteiger charge is 2.26. The minimum Gasteiger partial charge on any atom is -0.310 e. The number of likely N-dealkylation sites (tertiary alicyclic amines) is 1. The normalized spacial score (nSPS) is 20.9. The van der Waals surface area contributed by atoms with Gasteiger partial charge in [-0.3, -0.25) is 0 Å². The average Bonchev–Trinajstić information content (AvgIpc) is 2.95. The Labute approximate surface area is 125 Å². The summed E-state index contributed by atoms with van der Waals surface area (Å²) in [6.07, 6.45) is 0.878. The number of rotatable bonds is 6. The Kier molecular flexibility index (Phi) is 5.19. The summed E-state index contributed by atoms with van der Waals surface area (Å²) in [4.78, 5) is 3.18. The third-order valence-corrected chi connectivity index (χ3v) is 6.40. The van der Waals surface area contributed by atoms with Crippen molar-refractivity contribution in [1.82, 2.24) is 14.9 Å². The molecule has 20 heavy (non-hydrogen) atoms. The predicted octanol–water partition coefficient (Wildman–Crippen LogP) is 1.23. The van der Waals surface area contributed by atoms with Gasteiger partial charge >= 0.3 is 0 Å². The molecule has 1 atom stereocenters. The second-order valence-corrected chi connectivity index (χ2v) is 8.73. The second-order valence-electron chi connectivity index (χ2n) is 5.63. The Morgan fingerprint density at radius 1 is 1.45 bits per heavy atom. The third-order valence-electron chi connectivity index (χ3n) is 3.30. The standard InChI is InChI=1S/C13H23N3O2S2/c1-10(2)14-8-12-4-5-13(19-12)20(17,18)15-11-6-7-16(3)9-11/h4-5,10-11,14-15H,6-9H2,1-3H3. The highest BCUT2D eigenvalue weighted by molar-refractivity contribution is 7.91. The second kappa shape index (κ2) is 6.53. The summed E-state index contributed by atoms with van der Waals surface area (Å²) in [5.74, 6) is 0. The number of sulfonamides is 1. The molecule has 2 rings (SSSR count). The first-order valence-corrected chi connectivity index (χ1v) is 9.20. The number of nitrogens with zero attached hydrogens (tertiary/aromatic N) is 1. The molecule has 1 aliphatic heterocycles. The monoisotopic (exact) mass is 317 g/mol. The van der Waals surface area contributed by atoms with Crippen LogP contribution in [-0.4, -0.2) is 45.5 Å². The van der Waals surface area contributed by atoms with Crippen LogP contribution in [0.1, 0.15) is 25.1 Å². The molecule has 0 saturated carbocycles. The molecule has 1 saturated heterocycles. The lowest BCUT2D eigenvalue weighted by Gasteiger charge is -2.12. The molecule has 1 aromatic heterocycles. The largest absolute Gasteiger partial charge is 0.310 e. The van der Waals surface area contributed by atoms with Gasteiger partial charge in [0.05, 0.1) is 0 Å². The van der Waals surface area contributed by atoms with Gasteiger partial charge in [0, 0.05) is 30.1 Å². The van der Waals surface area contributed by atoms with Gasteiger partial charge in [-0.05, 0) is 32.1 Å². The molecule has 2 heterocycles. The van der Waals surface area contributed by atoms with Crippen molar-refractivity contribution in [2.45, 2.75) is 43.1 Å². The van der Waals surface area contributed by atoms with E-state index in [2.05, 4.69) is 28.8 Å². The van der Waals surface area contributed by atoms with Gasteiger partial charge in [-0.25, -0.2) is 13.1 Å². The fourth-order valence-corrected chi connectivity index (χ4v) is 4.80. The smallest absolute Gasteiger partial charge is 0.250 e. The van der Waals surface area contributed by atoms with E-state index in [0.717, 1.165) is 24.4 Å². The first kappa shape index (κ1) is 15.9. The Morgan fingerprint density at radius 2 is 2.20 bits per heavy atom. The molecule has 1 unspecified atom stereocenters. The van der Waals surface area contributed by atoms with E-state index in [1.807, 2.05) is 13.1 Å². The van der Waals surface area contributed by atoms with Crippen molar-refractivity contribution in [3.05, 3.63) is 17.0 Å². The van der Waals surface area contributed by atoms with E-state index in [1.165, 1.54) is 11.3 Å². The Hall–Kier alpha value is -0.470.